The molecule has 0 fully saturated rings. The average molecular weight is 400 g/mol. The van der Waals surface area contributed by atoms with Gasteiger partial charge in [0.05, 0.1) is 13.2 Å². The number of carbonyl (C=O) groups excluding carboxylic acids is 3. The molecule has 0 aliphatic carbocycles. The van der Waals surface area contributed by atoms with E-state index < -0.39 is 23.9 Å². The zero-order valence-electron chi connectivity index (χ0n) is 13.8. The number of ether oxygens (including phenoxy) is 2. The van der Waals surface area contributed by atoms with Crippen LogP contribution >= 0.6 is 15.9 Å². The van der Waals surface area contributed by atoms with Crippen molar-refractivity contribution in [2.24, 2.45) is 0 Å². The second kappa shape index (κ2) is 10.8. The average Bonchev–Trinajstić information content (AvgIpc) is 2.58. The Bertz CT molecular complexity index is 559. The van der Waals surface area contributed by atoms with E-state index in [0.29, 0.717) is 10.9 Å². The summed E-state index contributed by atoms with van der Waals surface area (Å²) in [5.41, 5.74) is 1.47. The number of carbonyl (C=O) groups is 3. The van der Waals surface area contributed by atoms with E-state index in [4.69, 9.17) is 9.47 Å². The number of hydrogen-bond acceptors (Lipinski definition) is 5. The van der Waals surface area contributed by atoms with Crippen LogP contribution in [0.25, 0.3) is 0 Å². The molecule has 0 unspecified atom stereocenters. The third-order valence-corrected chi connectivity index (χ3v) is 3.84. The molecule has 1 atom stereocenters. The van der Waals surface area contributed by atoms with Gasteiger partial charge in [-0.3, -0.25) is 9.59 Å². The second-order valence-electron chi connectivity index (χ2n) is 4.95. The monoisotopic (exact) mass is 399 g/mol. The second-order valence-corrected chi connectivity index (χ2v) is 5.51. The molecule has 1 rings (SSSR count). The van der Waals surface area contributed by atoms with E-state index in [1.54, 1.807) is 26.0 Å². The quantitative estimate of drug-likeness (QED) is 0.509. The Hall–Kier alpha value is -1.89. The molecule has 0 aliphatic heterocycles. The number of esters is 2. The zero-order chi connectivity index (χ0) is 17.9. The smallest absolute Gasteiger partial charge is 0.328 e. The van der Waals surface area contributed by atoms with Crippen molar-refractivity contribution >= 4 is 33.8 Å². The van der Waals surface area contributed by atoms with Gasteiger partial charge in [-0.25, -0.2) is 4.79 Å². The molecule has 0 saturated heterocycles. The van der Waals surface area contributed by atoms with Crippen LogP contribution < -0.4 is 5.32 Å². The van der Waals surface area contributed by atoms with E-state index >= 15 is 0 Å². The summed E-state index contributed by atoms with van der Waals surface area (Å²) in [5, 5.41) is 3.31. The SMILES string of the molecule is CCOC(=O)CC[C@H](NC(=O)c1ccc(CBr)cc1)C(=O)OCC. The fraction of sp³-hybridized carbons (Fsp3) is 0.471. The number of rotatable bonds is 9. The topological polar surface area (TPSA) is 81.7 Å². The lowest BCUT2D eigenvalue weighted by molar-refractivity contribution is -0.146. The number of halogens is 1. The lowest BCUT2D eigenvalue weighted by Crippen LogP contribution is -2.42. The molecule has 7 heteroatoms. The number of benzene rings is 1. The molecule has 6 nitrogen and oxygen atoms in total. The molecule has 0 aliphatic rings. The maximum atomic E-state index is 12.3. The van der Waals surface area contributed by atoms with Crippen molar-refractivity contribution in [3.8, 4) is 0 Å². The molecule has 1 N–H and O–H groups in total. The van der Waals surface area contributed by atoms with Crippen LogP contribution in [0.2, 0.25) is 0 Å². The Balaban J connectivity index is 2.72. The maximum Gasteiger partial charge on any atom is 0.328 e. The van der Waals surface area contributed by atoms with E-state index in [9.17, 15) is 14.4 Å². The van der Waals surface area contributed by atoms with Crippen molar-refractivity contribution in [1.29, 1.82) is 0 Å². The van der Waals surface area contributed by atoms with Crippen LogP contribution in [0.4, 0.5) is 0 Å². The Labute approximate surface area is 150 Å². The fourth-order valence-corrected chi connectivity index (χ4v) is 2.35. The van der Waals surface area contributed by atoms with Crippen LogP contribution in [0.15, 0.2) is 24.3 Å². The van der Waals surface area contributed by atoms with E-state index in [1.807, 2.05) is 12.1 Å². The van der Waals surface area contributed by atoms with E-state index in [1.165, 1.54) is 0 Å². The summed E-state index contributed by atoms with van der Waals surface area (Å²) in [7, 11) is 0. The lowest BCUT2D eigenvalue weighted by atomic mass is 10.1. The molecular weight excluding hydrogens is 378 g/mol. The first-order chi connectivity index (χ1) is 11.5. The number of nitrogens with one attached hydrogen (secondary N) is 1. The summed E-state index contributed by atoms with van der Waals surface area (Å²) >= 11 is 3.34. The van der Waals surface area contributed by atoms with Crippen LogP contribution in [0, 0.1) is 0 Å². The van der Waals surface area contributed by atoms with E-state index in [0.717, 1.165) is 5.56 Å². The van der Waals surface area contributed by atoms with Gasteiger partial charge in [-0.2, -0.15) is 0 Å². The highest BCUT2D eigenvalue weighted by Crippen LogP contribution is 2.09. The molecule has 1 amide bonds. The highest BCUT2D eigenvalue weighted by atomic mass is 79.9. The van der Waals surface area contributed by atoms with Gasteiger partial charge in [0, 0.05) is 17.3 Å². The van der Waals surface area contributed by atoms with Crippen molar-refractivity contribution in [2.75, 3.05) is 13.2 Å². The third-order valence-electron chi connectivity index (χ3n) is 3.19. The van der Waals surface area contributed by atoms with Crippen LogP contribution in [0.5, 0.6) is 0 Å². The Morgan fingerprint density at radius 1 is 1.08 bits per heavy atom. The standard InChI is InChI=1S/C17H22BrNO5/c1-3-23-15(20)10-9-14(17(22)24-4-2)19-16(21)13-7-5-12(11-18)6-8-13/h5-8,14H,3-4,9-11H2,1-2H3,(H,19,21)/t14-/m0/s1. The van der Waals surface area contributed by atoms with Gasteiger partial charge in [0.25, 0.3) is 5.91 Å². The van der Waals surface area contributed by atoms with Gasteiger partial charge in [-0.1, -0.05) is 28.1 Å². The maximum absolute atomic E-state index is 12.3. The van der Waals surface area contributed by atoms with Gasteiger partial charge < -0.3 is 14.8 Å². The molecule has 132 valence electrons. The molecule has 24 heavy (non-hydrogen) atoms. The van der Waals surface area contributed by atoms with Gasteiger partial charge in [-0.05, 0) is 38.0 Å². The normalized spacial score (nSPS) is 11.5. The Morgan fingerprint density at radius 3 is 2.25 bits per heavy atom. The first kappa shape index (κ1) is 20.2. The van der Waals surface area contributed by atoms with Crippen molar-refractivity contribution in [3.05, 3.63) is 35.4 Å². The van der Waals surface area contributed by atoms with Crippen molar-refractivity contribution in [3.63, 3.8) is 0 Å². The Morgan fingerprint density at radius 2 is 1.71 bits per heavy atom. The van der Waals surface area contributed by atoms with Gasteiger partial charge in [-0.15, -0.1) is 0 Å². The van der Waals surface area contributed by atoms with Gasteiger partial charge in [0.1, 0.15) is 6.04 Å². The lowest BCUT2D eigenvalue weighted by Gasteiger charge is -2.17. The minimum Gasteiger partial charge on any atom is -0.466 e. The molecule has 1 aromatic carbocycles. The number of hydrogen-bond donors (Lipinski definition) is 1. The van der Waals surface area contributed by atoms with Crippen LogP contribution in [-0.2, 0) is 24.4 Å². The largest absolute Gasteiger partial charge is 0.466 e. The predicted octanol–water partition coefficient (Wildman–Crippen LogP) is 2.59. The minimum absolute atomic E-state index is 0.0279. The summed E-state index contributed by atoms with van der Waals surface area (Å²) in [5.74, 6) is -1.37. The molecule has 0 spiro atoms. The van der Waals surface area contributed by atoms with E-state index in [2.05, 4.69) is 21.2 Å². The van der Waals surface area contributed by atoms with Crippen LogP contribution in [0.3, 0.4) is 0 Å². The first-order valence-corrected chi connectivity index (χ1v) is 8.91. The summed E-state index contributed by atoms with van der Waals surface area (Å²) < 4.78 is 9.80. The summed E-state index contributed by atoms with van der Waals surface area (Å²) in [6.07, 6.45) is 0.156. The fourth-order valence-electron chi connectivity index (χ4n) is 1.97. The first-order valence-electron chi connectivity index (χ1n) is 7.79. The third kappa shape index (κ3) is 6.70. The zero-order valence-corrected chi connectivity index (χ0v) is 15.4. The molecule has 1 aromatic rings. The molecule has 0 bridgehead atoms. The predicted molar refractivity (Wildman–Crippen MR) is 92.8 cm³/mol. The molecule has 0 aromatic heterocycles. The van der Waals surface area contributed by atoms with E-state index in [-0.39, 0.29) is 26.1 Å². The molecule has 0 saturated carbocycles. The highest BCUT2D eigenvalue weighted by Gasteiger charge is 2.23. The van der Waals surface area contributed by atoms with Crippen LogP contribution in [0.1, 0.15) is 42.6 Å². The molecular formula is C17H22BrNO5. The number of alkyl halides is 1. The number of amides is 1. The summed E-state index contributed by atoms with van der Waals surface area (Å²) in [4.78, 5) is 35.7. The molecule has 0 radical (unpaired) electrons. The Kier molecular flexibility index (Phi) is 9.07. The van der Waals surface area contributed by atoms with Crippen molar-refractivity contribution < 1.29 is 23.9 Å². The van der Waals surface area contributed by atoms with Crippen LogP contribution in [-0.4, -0.2) is 37.1 Å². The van der Waals surface area contributed by atoms with Crippen molar-refractivity contribution in [1.82, 2.24) is 5.32 Å². The van der Waals surface area contributed by atoms with Gasteiger partial charge in [0.15, 0.2) is 0 Å². The summed E-state index contributed by atoms with van der Waals surface area (Å²) in [6, 6.07) is 6.11. The minimum atomic E-state index is -0.891. The summed E-state index contributed by atoms with van der Waals surface area (Å²) in [6.45, 7) is 3.86. The van der Waals surface area contributed by atoms with Gasteiger partial charge in [0.2, 0.25) is 0 Å². The molecule has 0 heterocycles. The van der Waals surface area contributed by atoms with Gasteiger partial charge >= 0.3 is 11.9 Å². The highest BCUT2D eigenvalue weighted by molar-refractivity contribution is 9.08. The van der Waals surface area contributed by atoms with Crippen molar-refractivity contribution in [2.45, 2.75) is 38.1 Å².